The SMILES string of the molecule is CC1=NN(c2ccc(Cl)cc2Cl)C(C)(C)C1.CC1=NOC(c2ccccc2)(c2ccccc2)C1.Cc1c(C(=O)c2c[nH]n(C)c2=O)ccc(S(C)(=O)=O)c1C1=NOCC1.Cn1[nH]cc(C(=O)c2ccc(S(C)(=O)=O)c(C3=NOCC3)c2Cl)c1=O. The summed E-state index contributed by atoms with van der Waals surface area (Å²) >= 11 is 18.4. The molecule has 0 saturated heterocycles. The topological polar surface area (TPSA) is 258 Å². The van der Waals surface area contributed by atoms with Gasteiger partial charge in [0.15, 0.2) is 31.1 Å². The molecule has 6 heterocycles. The van der Waals surface area contributed by atoms with E-state index < -0.39 is 48.0 Å². The van der Waals surface area contributed by atoms with Gasteiger partial charge in [0.25, 0.3) is 11.1 Å². The summed E-state index contributed by atoms with van der Waals surface area (Å²) in [6.07, 6.45) is 7.34. The highest BCUT2D eigenvalue weighted by Gasteiger charge is 2.41. The zero-order valence-corrected chi connectivity index (χ0v) is 51.2. The number of nitrogens with one attached hydrogen (secondary N) is 2. The van der Waals surface area contributed by atoms with Crippen molar-refractivity contribution in [2.75, 3.05) is 30.7 Å². The number of hydrazone groups is 1. The van der Waals surface area contributed by atoms with Crippen LogP contribution < -0.4 is 16.1 Å². The number of aryl methyl sites for hydroxylation is 2. The zero-order chi connectivity index (χ0) is 61.1. The first-order valence-corrected chi connectivity index (χ1v) is 31.0. The summed E-state index contributed by atoms with van der Waals surface area (Å²) in [5.41, 5.74) is 5.92. The first kappa shape index (κ1) is 62.2. The van der Waals surface area contributed by atoms with Crippen LogP contribution >= 0.6 is 34.8 Å². The van der Waals surface area contributed by atoms with E-state index in [1.807, 2.05) is 67.4 Å². The Morgan fingerprint density at radius 1 is 0.607 bits per heavy atom. The van der Waals surface area contributed by atoms with E-state index in [1.165, 1.54) is 55.4 Å². The lowest BCUT2D eigenvalue weighted by molar-refractivity contribution is 0.0112. The number of carbonyl (C=O) groups is 2. The van der Waals surface area contributed by atoms with Gasteiger partial charge in [0.2, 0.25) is 5.78 Å². The van der Waals surface area contributed by atoms with Crippen LogP contribution in [0.5, 0.6) is 0 Å². The molecule has 84 heavy (non-hydrogen) atoms. The summed E-state index contributed by atoms with van der Waals surface area (Å²) in [6, 6.07) is 31.5. The van der Waals surface area contributed by atoms with E-state index in [-0.39, 0.29) is 48.2 Å². The van der Waals surface area contributed by atoms with Crippen molar-refractivity contribution in [1.82, 2.24) is 19.6 Å². The Bertz CT molecular complexity index is 3980. The molecule has 7 aromatic rings. The number of oxime groups is 3. The first-order chi connectivity index (χ1) is 39.6. The largest absolute Gasteiger partial charge is 0.395 e. The van der Waals surface area contributed by atoms with Gasteiger partial charge >= 0.3 is 0 Å². The van der Waals surface area contributed by atoms with Crippen molar-refractivity contribution in [3.8, 4) is 0 Å². The molecule has 5 aromatic carbocycles. The van der Waals surface area contributed by atoms with Crippen molar-refractivity contribution in [1.29, 1.82) is 0 Å². The van der Waals surface area contributed by atoms with Gasteiger partial charge in [0.05, 0.1) is 48.2 Å². The van der Waals surface area contributed by atoms with Crippen molar-refractivity contribution in [3.63, 3.8) is 0 Å². The summed E-state index contributed by atoms with van der Waals surface area (Å²) in [4.78, 5) is 65.3. The monoisotopic (exact) mass is 1240 g/mol. The molecule has 2 aromatic heterocycles. The van der Waals surface area contributed by atoms with E-state index in [2.05, 4.69) is 68.9 Å². The van der Waals surface area contributed by atoms with Gasteiger partial charge in [-0.2, -0.15) is 5.10 Å². The van der Waals surface area contributed by atoms with E-state index in [0.29, 0.717) is 58.7 Å². The number of halogens is 3. The van der Waals surface area contributed by atoms with E-state index >= 15 is 0 Å². The number of hydrogen-bond acceptors (Lipinski definition) is 16. The number of sulfone groups is 2. The highest BCUT2D eigenvalue weighted by molar-refractivity contribution is 7.91. The van der Waals surface area contributed by atoms with E-state index in [1.54, 1.807) is 13.0 Å². The second-order valence-corrected chi connectivity index (χ2v) is 26.0. The molecule has 0 amide bonds. The average Bonchev–Trinajstić information content (AvgIpc) is 2.42. The van der Waals surface area contributed by atoms with Crippen molar-refractivity contribution in [3.05, 3.63) is 201 Å². The molecule has 0 bridgehead atoms. The molecular weight excluding hydrogens is 1180 g/mol. The number of anilines is 1. The number of nitrogens with zero attached hydrogens (tertiary/aromatic N) is 7. The van der Waals surface area contributed by atoms with Crippen molar-refractivity contribution in [2.45, 2.75) is 81.2 Å². The van der Waals surface area contributed by atoms with Crippen molar-refractivity contribution >= 4 is 94.6 Å². The lowest BCUT2D eigenvalue weighted by Gasteiger charge is -2.31. The highest BCUT2D eigenvalue weighted by atomic mass is 35.5. The smallest absolute Gasteiger partial charge is 0.277 e. The predicted octanol–water partition coefficient (Wildman–Crippen LogP) is 9.99. The van der Waals surface area contributed by atoms with Crippen LogP contribution in [0.2, 0.25) is 15.1 Å². The van der Waals surface area contributed by atoms with Crippen LogP contribution in [0.4, 0.5) is 5.69 Å². The normalized spacial score (nSPS) is 15.7. The number of carbonyl (C=O) groups excluding carboxylic acids is 2. The molecule has 11 rings (SSSR count). The highest BCUT2D eigenvalue weighted by Crippen LogP contribution is 2.42. The van der Waals surface area contributed by atoms with Crippen molar-refractivity contribution in [2.24, 2.45) is 34.7 Å². The summed E-state index contributed by atoms with van der Waals surface area (Å²) in [7, 11) is -4.15. The first-order valence-electron chi connectivity index (χ1n) is 26.1. The summed E-state index contributed by atoms with van der Waals surface area (Å²) in [6.45, 7) is 10.6. The number of H-pyrrole nitrogens is 2. The molecule has 4 aliphatic heterocycles. The summed E-state index contributed by atoms with van der Waals surface area (Å²) in [5, 5.41) is 24.9. The van der Waals surface area contributed by atoms with Gasteiger partial charge in [-0.1, -0.05) is 111 Å². The average molecular weight is 1240 g/mol. The molecule has 0 unspecified atom stereocenters. The molecule has 0 aliphatic carbocycles. The lowest BCUT2D eigenvalue weighted by Crippen LogP contribution is -2.36. The number of hydrogen-bond donors (Lipinski definition) is 2. The van der Waals surface area contributed by atoms with Gasteiger partial charge in [-0.25, -0.2) is 16.8 Å². The minimum Gasteiger partial charge on any atom is -0.395 e. The van der Waals surface area contributed by atoms with Crippen molar-refractivity contribution < 1.29 is 40.9 Å². The Labute approximate surface area is 500 Å². The molecule has 440 valence electrons. The third-order valence-electron chi connectivity index (χ3n) is 14.0. The Morgan fingerprint density at radius 2 is 1.10 bits per heavy atom. The van der Waals surface area contributed by atoms with Gasteiger partial charge in [-0.15, -0.1) is 0 Å². The van der Waals surface area contributed by atoms with E-state index in [0.717, 1.165) is 58.3 Å². The molecular formula is C59H60Cl3N9O11S2. The molecule has 0 spiro atoms. The maximum Gasteiger partial charge on any atom is 0.277 e. The van der Waals surface area contributed by atoms with Crippen LogP contribution in [0.1, 0.15) is 113 Å². The van der Waals surface area contributed by atoms with Gasteiger partial charge in [-0.05, 0) is 82.6 Å². The van der Waals surface area contributed by atoms with Crippen LogP contribution in [0, 0.1) is 6.92 Å². The lowest BCUT2D eigenvalue weighted by atomic mass is 9.83. The second kappa shape index (κ2) is 25.1. The Morgan fingerprint density at radius 3 is 1.51 bits per heavy atom. The molecule has 0 fully saturated rings. The summed E-state index contributed by atoms with van der Waals surface area (Å²) in [5.74, 6) is -1.08. The van der Waals surface area contributed by atoms with E-state index in [9.17, 15) is 36.0 Å². The van der Waals surface area contributed by atoms with Crippen LogP contribution in [-0.2, 0) is 53.9 Å². The van der Waals surface area contributed by atoms with E-state index in [4.69, 9.17) is 49.3 Å². The maximum atomic E-state index is 12.8. The van der Waals surface area contributed by atoms with Crippen LogP contribution in [0.15, 0.2) is 155 Å². The Kier molecular flexibility index (Phi) is 18.6. The molecule has 25 heteroatoms. The van der Waals surface area contributed by atoms with Gasteiger partial charge in [-0.3, -0.25) is 33.6 Å². The fourth-order valence-corrected chi connectivity index (χ4v) is 12.7. The molecule has 2 N–H and O–H groups in total. The predicted molar refractivity (Wildman–Crippen MR) is 325 cm³/mol. The molecule has 20 nitrogen and oxygen atoms in total. The molecule has 0 atom stereocenters. The van der Waals surface area contributed by atoms with Crippen LogP contribution in [-0.4, -0.2) is 102 Å². The minimum atomic E-state index is -3.61. The quantitative estimate of drug-likeness (QED) is 0.115. The number of aromatic amines is 2. The standard InChI is InChI=1S/C16H17N3O5S.C16H15NO.C15H14ClN3O5S.C12H14Cl2N2/c1-9-10(15(20)11-8-17-19(2)16(11)21)4-5-13(25(3,22)23)14(9)12-6-7-24-18-12;1-13-12-16(18-17-13,14-8-4-2-5-9-14)15-10-6-3-7-11-15;1-19-15(21)9(7-17-19)14(20)8-3-4-11(25(2,22)23)12(13(8)16)10-5-6-24-18-10;1-8-7-12(2,3)16(15-8)11-5-4-9(13)6-10(11)14/h4-5,8,17H,6-7H2,1-3H3;2-11H,12H2,1H3;3-4,7,17H,5-6H2,1-2H3;4-6H,7H2,1-3H3. The van der Waals surface area contributed by atoms with Crippen LogP contribution in [0.25, 0.3) is 0 Å². The second-order valence-electron chi connectivity index (χ2n) is 20.8. The molecule has 4 aliphatic rings. The number of ketones is 2. The fourth-order valence-electron chi connectivity index (χ4n) is 9.96. The number of benzene rings is 5. The Hall–Kier alpha value is -7.89. The number of aromatic nitrogens is 4. The molecule has 0 radical (unpaired) electrons. The zero-order valence-electron chi connectivity index (χ0n) is 47.3. The van der Waals surface area contributed by atoms with Gasteiger partial charge < -0.3 is 24.7 Å². The van der Waals surface area contributed by atoms with Gasteiger partial charge in [0, 0.05) is 109 Å². The fraction of sp³-hybridized carbons (Fsp3) is 0.288. The Balaban J connectivity index is 0.000000148. The minimum absolute atomic E-state index is 0.00623. The maximum absolute atomic E-state index is 12.8. The van der Waals surface area contributed by atoms with Gasteiger partial charge in [0.1, 0.15) is 24.3 Å². The number of rotatable bonds is 11. The molecule has 0 saturated carbocycles. The summed E-state index contributed by atoms with van der Waals surface area (Å²) < 4.78 is 50.8. The third-order valence-corrected chi connectivity index (χ3v) is 17.2. The third kappa shape index (κ3) is 13.2. The van der Waals surface area contributed by atoms with Crippen LogP contribution in [0.3, 0.4) is 0 Å².